The molecule has 5 heteroatoms. The lowest BCUT2D eigenvalue weighted by Gasteiger charge is -2.36. The van der Waals surface area contributed by atoms with E-state index in [0.717, 1.165) is 25.9 Å². The Balaban J connectivity index is 1.77. The highest BCUT2D eigenvalue weighted by Gasteiger charge is 2.35. The van der Waals surface area contributed by atoms with E-state index in [9.17, 15) is 9.90 Å². The summed E-state index contributed by atoms with van der Waals surface area (Å²) in [4.78, 5) is 12.0. The summed E-state index contributed by atoms with van der Waals surface area (Å²) in [7, 11) is 0. The molecule has 0 spiro atoms. The van der Waals surface area contributed by atoms with Crippen LogP contribution in [-0.2, 0) is 4.74 Å². The Morgan fingerprint density at radius 3 is 2.43 bits per heavy atom. The van der Waals surface area contributed by atoms with Crippen LogP contribution in [0.3, 0.4) is 0 Å². The first-order chi connectivity index (χ1) is 10.8. The maximum absolute atomic E-state index is 12.0. The van der Waals surface area contributed by atoms with Gasteiger partial charge in [0.2, 0.25) is 0 Å². The number of rotatable bonds is 7. The molecule has 0 aromatic carbocycles. The van der Waals surface area contributed by atoms with E-state index in [-0.39, 0.29) is 24.2 Å². The quantitative estimate of drug-likeness (QED) is 0.673. The second-order valence-electron chi connectivity index (χ2n) is 8.44. The van der Waals surface area contributed by atoms with Crippen LogP contribution >= 0.6 is 0 Å². The van der Waals surface area contributed by atoms with Crippen molar-refractivity contribution >= 4 is 6.09 Å². The van der Waals surface area contributed by atoms with E-state index in [1.807, 2.05) is 20.8 Å². The molecule has 2 fully saturated rings. The molecule has 0 bridgehead atoms. The molecule has 2 rings (SSSR count). The van der Waals surface area contributed by atoms with Gasteiger partial charge in [-0.15, -0.1) is 0 Å². The van der Waals surface area contributed by atoms with Crippen molar-refractivity contribution in [2.24, 2.45) is 11.3 Å². The molecular weight excluding hydrogens is 292 g/mol. The van der Waals surface area contributed by atoms with E-state index in [1.54, 1.807) is 0 Å². The number of ether oxygens (including phenoxy) is 1. The largest absolute Gasteiger partial charge is 0.444 e. The van der Waals surface area contributed by atoms with Gasteiger partial charge in [-0.3, -0.25) is 0 Å². The lowest BCUT2D eigenvalue weighted by Crippen LogP contribution is -2.48. The summed E-state index contributed by atoms with van der Waals surface area (Å²) in [6, 6.07) is 0.129. The number of hydrogen-bond acceptors (Lipinski definition) is 4. The lowest BCUT2D eigenvalue weighted by molar-refractivity contribution is 0.0491. The molecule has 0 heterocycles. The fourth-order valence-corrected chi connectivity index (χ4v) is 3.48. The van der Waals surface area contributed by atoms with Gasteiger partial charge in [-0.25, -0.2) is 4.79 Å². The Morgan fingerprint density at radius 2 is 1.91 bits per heavy atom. The van der Waals surface area contributed by atoms with E-state index in [1.165, 1.54) is 32.1 Å². The summed E-state index contributed by atoms with van der Waals surface area (Å²) in [5.74, 6) is 0.562. The van der Waals surface area contributed by atoms with Gasteiger partial charge in [-0.05, 0) is 52.4 Å². The van der Waals surface area contributed by atoms with E-state index in [4.69, 9.17) is 4.74 Å². The summed E-state index contributed by atoms with van der Waals surface area (Å²) in [5, 5.41) is 16.3. The molecule has 2 saturated carbocycles. The van der Waals surface area contributed by atoms with E-state index >= 15 is 0 Å². The number of nitrogens with one attached hydrogen (secondary N) is 2. The molecule has 2 aliphatic carbocycles. The molecule has 134 valence electrons. The topological polar surface area (TPSA) is 70.6 Å². The van der Waals surface area contributed by atoms with Crippen molar-refractivity contribution in [3.8, 4) is 0 Å². The summed E-state index contributed by atoms with van der Waals surface area (Å²) in [6.07, 6.45) is 7.93. The third kappa shape index (κ3) is 6.30. The minimum absolute atomic E-state index is 0.0399. The standard InChI is InChI=1S/C18H34N2O3/c1-17(2,3)23-16(22)20-15(14-7-8-14)11-19-12-18(13-21)9-5-4-6-10-18/h14-15,19,21H,4-13H2,1-3H3,(H,20,22). The Labute approximate surface area is 140 Å². The molecule has 5 nitrogen and oxygen atoms in total. The number of aliphatic hydroxyl groups excluding tert-OH is 1. The molecule has 1 amide bonds. The van der Waals surface area contributed by atoms with Gasteiger partial charge in [-0.2, -0.15) is 0 Å². The Morgan fingerprint density at radius 1 is 1.26 bits per heavy atom. The van der Waals surface area contributed by atoms with Crippen LogP contribution in [0.2, 0.25) is 0 Å². The number of hydrogen-bond donors (Lipinski definition) is 3. The normalized spacial score (nSPS) is 22.4. The van der Waals surface area contributed by atoms with Crippen LogP contribution in [-0.4, -0.2) is 42.5 Å². The van der Waals surface area contributed by atoms with Crippen molar-refractivity contribution in [3.05, 3.63) is 0 Å². The van der Waals surface area contributed by atoms with Gasteiger partial charge in [0.1, 0.15) is 5.60 Å². The SMILES string of the molecule is CC(C)(C)OC(=O)NC(CNCC1(CO)CCCCC1)C1CC1. The highest BCUT2D eigenvalue weighted by molar-refractivity contribution is 5.68. The molecular formula is C18H34N2O3. The highest BCUT2D eigenvalue weighted by atomic mass is 16.6. The second kappa shape index (κ2) is 7.84. The predicted octanol–water partition coefficient (Wildman–Crippen LogP) is 2.82. The van der Waals surface area contributed by atoms with Crippen molar-refractivity contribution < 1.29 is 14.6 Å². The predicted molar refractivity (Wildman–Crippen MR) is 91.4 cm³/mol. The fourth-order valence-electron chi connectivity index (χ4n) is 3.48. The van der Waals surface area contributed by atoms with Gasteiger partial charge in [-0.1, -0.05) is 19.3 Å². The molecule has 3 N–H and O–H groups in total. The summed E-state index contributed by atoms with van der Waals surface area (Å²) in [5.41, 5.74) is -0.424. The average Bonchev–Trinajstić information content (AvgIpc) is 3.30. The maximum Gasteiger partial charge on any atom is 0.407 e. The number of amides is 1. The molecule has 0 aromatic rings. The van der Waals surface area contributed by atoms with Crippen LogP contribution in [0.1, 0.15) is 65.7 Å². The van der Waals surface area contributed by atoms with Crippen LogP contribution in [0, 0.1) is 11.3 Å². The van der Waals surface area contributed by atoms with Crippen LogP contribution < -0.4 is 10.6 Å². The number of carbonyl (C=O) groups excluding carboxylic acids is 1. The van der Waals surface area contributed by atoms with Crippen molar-refractivity contribution in [2.45, 2.75) is 77.4 Å². The van der Waals surface area contributed by atoms with E-state index in [0.29, 0.717) is 5.92 Å². The third-order valence-electron chi connectivity index (χ3n) is 5.01. The molecule has 0 saturated heterocycles. The van der Waals surface area contributed by atoms with Gasteiger partial charge in [0.15, 0.2) is 0 Å². The van der Waals surface area contributed by atoms with Gasteiger partial charge in [0.25, 0.3) is 0 Å². The van der Waals surface area contributed by atoms with Crippen LogP contribution in [0.15, 0.2) is 0 Å². The van der Waals surface area contributed by atoms with Gasteiger partial charge < -0.3 is 20.5 Å². The number of alkyl carbamates (subject to hydrolysis) is 1. The van der Waals surface area contributed by atoms with Crippen LogP contribution in [0.4, 0.5) is 4.79 Å². The third-order valence-corrected chi connectivity index (χ3v) is 5.01. The van der Waals surface area contributed by atoms with Gasteiger partial charge >= 0.3 is 6.09 Å². The number of carbonyl (C=O) groups is 1. The first-order valence-electron chi connectivity index (χ1n) is 9.15. The first kappa shape index (κ1) is 18.5. The van der Waals surface area contributed by atoms with Crippen molar-refractivity contribution in [3.63, 3.8) is 0 Å². The molecule has 0 aliphatic heterocycles. The molecule has 1 unspecified atom stereocenters. The smallest absolute Gasteiger partial charge is 0.407 e. The zero-order chi connectivity index (χ0) is 16.9. The monoisotopic (exact) mass is 326 g/mol. The highest BCUT2D eigenvalue weighted by Crippen LogP contribution is 2.36. The Hall–Kier alpha value is -0.810. The fraction of sp³-hybridized carbons (Fsp3) is 0.944. The van der Waals surface area contributed by atoms with Crippen molar-refractivity contribution in [2.75, 3.05) is 19.7 Å². The molecule has 0 aromatic heterocycles. The minimum atomic E-state index is -0.464. The lowest BCUT2D eigenvalue weighted by atomic mass is 9.74. The zero-order valence-corrected chi connectivity index (χ0v) is 15.0. The second-order valence-corrected chi connectivity index (χ2v) is 8.44. The molecule has 0 radical (unpaired) electrons. The maximum atomic E-state index is 12.0. The molecule has 23 heavy (non-hydrogen) atoms. The van der Waals surface area contributed by atoms with Crippen LogP contribution in [0.5, 0.6) is 0 Å². The summed E-state index contributed by atoms with van der Waals surface area (Å²) >= 11 is 0. The average molecular weight is 326 g/mol. The van der Waals surface area contributed by atoms with Crippen molar-refractivity contribution in [1.82, 2.24) is 10.6 Å². The summed E-state index contributed by atoms with van der Waals surface area (Å²) in [6.45, 7) is 7.49. The first-order valence-corrected chi connectivity index (χ1v) is 9.15. The number of aliphatic hydroxyl groups is 1. The van der Waals surface area contributed by atoms with Gasteiger partial charge in [0.05, 0.1) is 0 Å². The summed E-state index contributed by atoms with van der Waals surface area (Å²) < 4.78 is 5.37. The molecule has 1 atom stereocenters. The Kier molecular flexibility index (Phi) is 6.32. The van der Waals surface area contributed by atoms with E-state index < -0.39 is 5.60 Å². The zero-order valence-electron chi connectivity index (χ0n) is 15.0. The van der Waals surface area contributed by atoms with E-state index in [2.05, 4.69) is 10.6 Å². The van der Waals surface area contributed by atoms with Crippen LogP contribution in [0.25, 0.3) is 0 Å². The minimum Gasteiger partial charge on any atom is -0.444 e. The Bertz CT molecular complexity index is 382. The van der Waals surface area contributed by atoms with Gasteiger partial charge in [0, 0.05) is 31.2 Å². The van der Waals surface area contributed by atoms with Crippen molar-refractivity contribution in [1.29, 1.82) is 0 Å². The molecule has 2 aliphatic rings.